The van der Waals surface area contributed by atoms with Crippen LogP contribution in [-0.2, 0) is 10.0 Å². The van der Waals surface area contributed by atoms with Crippen LogP contribution in [0.2, 0.25) is 0 Å². The summed E-state index contributed by atoms with van der Waals surface area (Å²) in [6.07, 6.45) is 0. The van der Waals surface area contributed by atoms with Crippen LogP contribution in [0, 0.1) is 11.9 Å². The zero-order valence-electron chi connectivity index (χ0n) is 8.72. The predicted molar refractivity (Wildman–Crippen MR) is 62.5 cm³/mol. The summed E-state index contributed by atoms with van der Waals surface area (Å²) in [5, 5.41) is 0. The molecule has 0 fully saturated rings. The van der Waals surface area contributed by atoms with Crippen LogP contribution >= 0.6 is 0 Å². The third-order valence-corrected chi connectivity index (χ3v) is 3.46. The molecule has 0 unspecified atom stereocenters. The fourth-order valence-electron chi connectivity index (χ4n) is 1.30. The molecular formula is C12H9FNO2S. The van der Waals surface area contributed by atoms with Crippen LogP contribution in [0.3, 0.4) is 0 Å². The first-order valence-electron chi connectivity index (χ1n) is 4.82. The third kappa shape index (κ3) is 2.82. The van der Waals surface area contributed by atoms with Crippen LogP contribution in [0.25, 0.3) is 0 Å². The van der Waals surface area contributed by atoms with Crippen molar-refractivity contribution in [2.45, 2.75) is 4.90 Å². The number of halogens is 1. The highest BCUT2D eigenvalue weighted by Gasteiger charge is 2.14. The fourth-order valence-corrected chi connectivity index (χ4v) is 2.39. The summed E-state index contributed by atoms with van der Waals surface area (Å²) in [5.74, 6) is -0.589. The van der Waals surface area contributed by atoms with Gasteiger partial charge in [-0.25, -0.2) is 12.8 Å². The molecule has 0 amide bonds. The van der Waals surface area contributed by atoms with Crippen molar-refractivity contribution in [3.05, 3.63) is 60.4 Å². The lowest BCUT2D eigenvalue weighted by Crippen LogP contribution is -2.12. The molecule has 0 bridgehead atoms. The van der Waals surface area contributed by atoms with Gasteiger partial charge in [0.25, 0.3) is 10.0 Å². The maximum atomic E-state index is 12.9. The maximum absolute atomic E-state index is 12.9. The lowest BCUT2D eigenvalue weighted by Gasteiger charge is -2.07. The molecule has 1 N–H and O–H groups in total. The molecule has 1 radical (unpaired) electrons. The van der Waals surface area contributed by atoms with Crippen LogP contribution in [-0.4, -0.2) is 8.42 Å². The van der Waals surface area contributed by atoms with Crippen molar-refractivity contribution in [1.29, 1.82) is 0 Å². The normalized spacial score (nSPS) is 11.1. The van der Waals surface area contributed by atoms with Gasteiger partial charge in [-0.05, 0) is 36.4 Å². The van der Waals surface area contributed by atoms with Crippen LogP contribution in [0.5, 0.6) is 0 Å². The van der Waals surface area contributed by atoms with Crippen molar-refractivity contribution in [3.8, 4) is 0 Å². The van der Waals surface area contributed by atoms with Gasteiger partial charge >= 0.3 is 0 Å². The summed E-state index contributed by atoms with van der Waals surface area (Å²) < 4.78 is 39.0. The Bertz CT molecular complexity index is 611. The Hall–Kier alpha value is -1.88. The quantitative estimate of drug-likeness (QED) is 0.909. The van der Waals surface area contributed by atoms with Crippen molar-refractivity contribution in [2.24, 2.45) is 0 Å². The highest BCUT2D eigenvalue weighted by Crippen LogP contribution is 2.15. The molecule has 87 valence electrons. The molecule has 0 aliphatic rings. The zero-order chi connectivity index (χ0) is 12.3. The van der Waals surface area contributed by atoms with Crippen molar-refractivity contribution in [3.63, 3.8) is 0 Å². The molecule has 2 aromatic carbocycles. The summed E-state index contributed by atoms with van der Waals surface area (Å²) in [4.78, 5) is -0.106. The van der Waals surface area contributed by atoms with Crippen LogP contribution in [0.15, 0.2) is 53.4 Å². The Morgan fingerprint density at radius 2 is 1.82 bits per heavy atom. The van der Waals surface area contributed by atoms with Gasteiger partial charge in [-0.3, -0.25) is 4.72 Å². The van der Waals surface area contributed by atoms with E-state index in [0.29, 0.717) is 5.69 Å². The Morgan fingerprint density at radius 1 is 1.12 bits per heavy atom. The van der Waals surface area contributed by atoms with Gasteiger partial charge in [-0.1, -0.05) is 18.2 Å². The van der Waals surface area contributed by atoms with E-state index in [9.17, 15) is 12.8 Å². The molecule has 17 heavy (non-hydrogen) atoms. The van der Waals surface area contributed by atoms with Gasteiger partial charge in [0.2, 0.25) is 0 Å². The summed E-state index contributed by atoms with van der Waals surface area (Å²) in [7, 11) is -3.74. The first-order chi connectivity index (χ1) is 8.08. The van der Waals surface area contributed by atoms with Crippen LogP contribution in [0.1, 0.15) is 0 Å². The molecule has 0 aromatic heterocycles. The molecule has 3 nitrogen and oxygen atoms in total. The van der Waals surface area contributed by atoms with E-state index in [1.54, 1.807) is 24.3 Å². The Balaban J connectivity index is 2.32. The molecule has 2 rings (SSSR count). The molecule has 0 heterocycles. The summed E-state index contributed by atoms with van der Waals surface area (Å²) in [5.41, 5.74) is 0.410. The number of sulfonamides is 1. The van der Waals surface area contributed by atoms with E-state index in [-0.39, 0.29) is 4.90 Å². The van der Waals surface area contributed by atoms with Gasteiger partial charge in [0.05, 0.1) is 4.90 Å². The largest absolute Gasteiger partial charge is 0.280 e. The van der Waals surface area contributed by atoms with Crippen molar-refractivity contribution in [2.75, 3.05) is 4.72 Å². The second-order valence-corrected chi connectivity index (χ2v) is 5.03. The Kier molecular flexibility index (Phi) is 3.10. The third-order valence-electron chi connectivity index (χ3n) is 2.08. The molecule has 2 aromatic rings. The zero-order valence-corrected chi connectivity index (χ0v) is 9.54. The average molecular weight is 250 g/mol. The molecule has 0 aliphatic carbocycles. The van der Waals surface area contributed by atoms with E-state index in [2.05, 4.69) is 10.8 Å². The van der Waals surface area contributed by atoms with Crippen LogP contribution in [0.4, 0.5) is 10.1 Å². The standard InChI is InChI=1S/C12H9FNO2S/c13-10-5-4-8-12(9-10)17(15,16)14-11-6-2-1-3-7-11/h2-9,14H. The monoisotopic (exact) mass is 250 g/mol. The average Bonchev–Trinajstić information content (AvgIpc) is 2.30. The minimum Gasteiger partial charge on any atom is -0.280 e. The van der Waals surface area contributed by atoms with E-state index in [0.717, 1.165) is 6.07 Å². The Labute approximate surface area is 99.0 Å². The van der Waals surface area contributed by atoms with Gasteiger partial charge in [0.1, 0.15) is 5.82 Å². The van der Waals surface area contributed by atoms with E-state index in [1.807, 2.05) is 0 Å². The molecular weight excluding hydrogens is 241 g/mol. The molecule has 0 saturated heterocycles. The lowest BCUT2D eigenvalue weighted by molar-refractivity contribution is 0.595. The smallest absolute Gasteiger partial charge is 0.261 e. The van der Waals surface area contributed by atoms with Gasteiger partial charge < -0.3 is 0 Å². The van der Waals surface area contributed by atoms with Gasteiger partial charge in [0.15, 0.2) is 0 Å². The second-order valence-electron chi connectivity index (χ2n) is 3.35. The minimum atomic E-state index is -3.74. The minimum absolute atomic E-state index is 0.106. The summed E-state index contributed by atoms with van der Waals surface area (Å²) in [6.45, 7) is 0. The maximum Gasteiger partial charge on any atom is 0.261 e. The van der Waals surface area contributed by atoms with E-state index in [4.69, 9.17) is 0 Å². The first kappa shape index (κ1) is 11.6. The van der Waals surface area contributed by atoms with Gasteiger partial charge in [-0.2, -0.15) is 0 Å². The molecule has 0 aliphatic heterocycles. The molecule has 0 atom stereocenters. The number of hydrogen-bond acceptors (Lipinski definition) is 2. The lowest BCUT2D eigenvalue weighted by atomic mass is 10.3. The second kappa shape index (κ2) is 4.55. The summed E-state index contributed by atoms with van der Waals surface area (Å²) in [6, 6.07) is 13.9. The van der Waals surface area contributed by atoms with E-state index >= 15 is 0 Å². The topological polar surface area (TPSA) is 46.2 Å². The van der Waals surface area contributed by atoms with E-state index < -0.39 is 15.8 Å². The van der Waals surface area contributed by atoms with E-state index in [1.165, 1.54) is 18.2 Å². The highest BCUT2D eigenvalue weighted by atomic mass is 32.2. The van der Waals surface area contributed by atoms with Crippen molar-refractivity contribution in [1.82, 2.24) is 0 Å². The Morgan fingerprint density at radius 3 is 2.47 bits per heavy atom. The van der Waals surface area contributed by atoms with Crippen molar-refractivity contribution >= 4 is 15.7 Å². The first-order valence-corrected chi connectivity index (χ1v) is 6.31. The van der Waals surface area contributed by atoms with Crippen LogP contribution < -0.4 is 4.72 Å². The predicted octanol–water partition coefficient (Wildman–Crippen LogP) is 2.43. The van der Waals surface area contributed by atoms with Gasteiger partial charge in [0, 0.05) is 5.69 Å². The molecule has 0 saturated carbocycles. The number of benzene rings is 2. The van der Waals surface area contributed by atoms with Crippen molar-refractivity contribution < 1.29 is 12.8 Å². The summed E-state index contributed by atoms with van der Waals surface area (Å²) >= 11 is 0. The molecule has 5 heteroatoms. The SMILES string of the molecule is O=S(=O)(Nc1cc[c]cc1)c1cccc(F)c1. The number of nitrogens with one attached hydrogen (secondary N) is 1. The highest BCUT2D eigenvalue weighted by molar-refractivity contribution is 7.92. The molecule has 0 spiro atoms. The fraction of sp³-hybridized carbons (Fsp3) is 0. The number of hydrogen-bond donors (Lipinski definition) is 1. The number of rotatable bonds is 3. The number of anilines is 1. The van der Waals surface area contributed by atoms with Gasteiger partial charge in [-0.15, -0.1) is 0 Å².